The largest absolute Gasteiger partial charge is 0.435 e. The van der Waals surface area contributed by atoms with Gasteiger partial charge >= 0.3 is 12.4 Å². The molecule has 0 spiro atoms. The molecular weight excluding hydrogens is 661 g/mol. The third-order valence-corrected chi connectivity index (χ3v) is 8.07. The molecule has 1 aromatic carbocycles. The van der Waals surface area contributed by atoms with Crippen LogP contribution in [0.25, 0.3) is 0 Å². The molecule has 0 fully saturated rings. The standard InChI is InChI=1S/C25H25F6IN4O2S/c1-13-9-15(11-36-19(25(29,30)31)10-18(35-36)24(26,27)28)6-7-16(13)23(22(33)38)8-4-5-17(32)20(23)21(37)34-14(2)12-39-3/h4-10,14,20H,11-12H2,1-3H3,(H2,33,38)(H,34,37)/t14-,20?,23?/m0/s1. The zero-order chi connectivity index (χ0) is 29.3. The van der Waals surface area contributed by atoms with Gasteiger partial charge in [0.25, 0.3) is 0 Å². The monoisotopic (exact) mass is 686 g/mol. The van der Waals surface area contributed by atoms with E-state index in [1.54, 1.807) is 19.1 Å². The van der Waals surface area contributed by atoms with Crippen LogP contribution in [0.2, 0.25) is 0 Å². The molecular formula is C25H25F6IN4O2S. The summed E-state index contributed by atoms with van der Waals surface area (Å²) in [5.74, 6) is -1.60. The lowest BCUT2D eigenvalue weighted by molar-refractivity contribution is -0.144. The Labute approximate surface area is 238 Å². The Morgan fingerprint density at radius 2 is 1.87 bits per heavy atom. The predicted molar refractivity (Wildman–Crippen MR) is 144 cm³/mol. The topological polar surface area (TPSA) is 90.0 Å². The number of aryl methyl sites for hydroxylation is 1. The molecule has 1 aromatic heterocycles. The minimum atomic E-state index is -5.06. The van der Waals surface area contributed by atoms with Crippen molar-refractivity contribution in [3.8, 4) is 0 Å². The van der Waals surface area contributed by atoms with Gasteiger partial charge in [-0.15, -0.1) is 0 Å². The van der Waals surface area contributed by atoms with Gasteiger partial charge in [-0.25, -0.2) is 0 Å². The summed E-state index contributed by atoms with van der Waals surface area (Å²) in [6, 6.07) is 4.05. The minimum Gasteiger partial charge on any atom is -0.369 e. The number of thioether (sulfide) groups is 1. The van der Waals surface area contributed by atoms with Crippen molar-refractivity contribution in [2.24, 2.45) is 11.7 Å². The molecule has 1 heterocycles. The second kappa shape index (κ2) is 11.6. The lowest BCUT2D eigenvalue weighted by Gasteiger charge is -2.38. The molecule has 0 aliphatic heterocycles. The van der Waals surface area contributed by atoms with E-state index in [1.165, 1.54) is 36.0 Å². The zero-order valence-corrected chi connectivity index (χ0v) is 23.9. The summed E-state index contributed by atoms with van der Waals surface area (Å²) >= 11 is 3.50. The third-order valence-electron chi connectivity index (χ3n) is 6.25. The third kappa shape index (κ3) is 6.47. The van der Waals surface area contributed by atoms with Crippen molar-refractivity contribution < 1.29 is 35.9 Å². The van der Waals surface area contributed by atoms with Gasteiger partial charge in [0.1, 0.15) is 11.1 Å². The number of carbonyl (C=O) groups excluding carboxylic acids is 2. The van der Waals surface area contributed by atoms with Gasteiger partial charge in [0.05, 0.1) is 12.5 Å². The van der Waals surface area contributed by atoms with Crippen LogP contribution in [0.3, 0.4) is 0 Å². The molecule has 2 amide bonds. The van der Waals surface area contributed by atoms with Crippen LogP contribution >= 0.6 is 34.4 Å². The molecule has 1 aliphatic carbocycles. The highest BCUT2D eigenvalue weighted by Crippen LogP contribution is 2.45. The number of amides is 2. The van der Waals surface area contributed by atoms with Crippen LogP contribution < -0.4 is 11.1 Å². The van der Waals surface area contributed by atoms with E-state index in [2.05, 4.69) is 10.4 Å². The molecule has 0 saturated carbocycles. The fourth-order valence-electron chi connectivity index (χ4n) is 4.62. The number of allylic oxidation sites excluding steroid dienone is 2. The quantitative estimate of drug-likeness (QED) is 0.289. The molecule has 3 rings (SSSR count). The Morgan fingerprint density at radius 1 is 1.21 bits per heavy atom. The number of rotatable bonds is 8. The van der Waals surface area contributed by atoms with E-state index in [4.69, 9.17) is 5.73 Å². The first-order valence-electron chi connectivity index (χ1n) is 11.5. The van der Waals surface area contributed by atoms with E-state index in [9.17, 15) is 35.9 Å². The van der Waals surface area contributed by atoms with Crippen molar-refractivity contribution in [2.75, 3.05) is 12.0 Å². The molecule has 3 N–H and O–H groups in total. The number of hydrogen-bond donors (Lipinski definition) is 2. The van der Waals surface area contributed by atoms with Gasteiger partial charge in [-0.3, -0.25) is 14.3 Å². The molecule has 0 radical (unpaired) electrons. The SMILES string of the molecule is CSC[C@H](C)NC(=O)C1C(I)=CC=CC1(C(N)=O)c1ccc(Cn2nc(C(F)(F)F)cc2C(F)(F)F)cc1C. The van der Waals surface area contributed by atoms with E-state index < -0.39 is 53.4 Å². The van der Waals surface area contributed by atoms with Gasteiger partial charge < -0.3 is 11.1 Å². The lowest BCUT2D eigenvalue weighted by atomic mass is 9.65. The van der Waals surface area contributed by atoms with Crippen molar-refractivity contribution in [3.05, 3.63) is 74.2 Å². The Balaban J connectivity index is 2.06. The summed E-state index contributed by atoms with van der Waals surface area (Å²) in [6.45, 7) is 2.80. The van der Waals surface area contributed by atoms with Gasteiger partial charge in [0.15, 0.2) is 5.69 Å². The summed E-state index contributed by atoms with van der Waals surface area (Å²) in [6.07, 6.45) is -3.42. The maximum absolute atomic E-state index is 13.4. The summed E-state index contributed by atoms with van der Waals surface area (Å²) in [5, 5.41) is 6.04. The normalized spacial score (nSPS) is 20.5. The number of aromatic nitrogens is 2. The summed E-state index contributed by atoms with van der Waals surface area (Å²) in [7, 11) is 0. The number of carbonyl (C=O) groups is 2. The van der Waals surface area contributed by atoms with Gasteiger partial charge in [-0.1, -0.05) is 36.4 Å². The molecule has 3 atom stereocenters. The maximum Gasteiger partial charge on any atom is 0.435 e. The lowest BCUT2D eigenvalue weighted by Crippen LogP contribution is -2.54. The first kappa shape index (κ1) is 31.0. The molecule has 39 heavy (non-hydrogen) atoms. The minimum absolute atomic E-state index is 0.0361. The Bertz CT molecular complexity index is 1320. The molecule has 2 unspecified atom stereocenters. The smallest absolute Gasteiger partial charge is 0.369 e. The molecule has 2 aromatic rings. The summed E-state index contributed by atoms with van der Waals surface area (Å²) in [5.41, 5.74) is 2.06. The van der Waals surface area contributed by atoms with Crippen LogP contribution in [-0.2, 0) is 33.9 Å². The molecule has 212 valence electrons. The second-order valence-electron chi connectivity index (χ2n) is 9.16. The molecule has 0 saturated heterocycles. The highest BCUT2D eigenvalue weighted by Gasteiger charge is 2.51. The highest BCUT2D eigenvalue weighted by atomic mass is 127. The number of nitrogens with one attached hydrogen (secondary N) is 1. The van der Waals surface area contributed by atoms with Crippen molar-refractivity contribution in [3.63, 3.8) is 0 Å². The summed E-state index contributed by atoms with van der Waals surface area (Å²) in [4.78, 5) is 26.4. The highest BCUT2D eigenvalue weighted by molar-refractivity contribution is 14.1. The van der Waals surface area contributed by atoms with E-state index >= 15 is 0 Å². The predicted octanol–water partition coefficient (Wildman–Crippen LogP) is 5.37. The van der Waals surface area contributed by atoms with E-state index in [1.807, 2.05) is 35.8 Å². The molecule has 1 aliphatic rings. The fourth-order valence-corrected chi connectivity index (χ4v) is 6.18. The number of primary amides is 1. The zero-order valence-electron chi connectivity index (χ0n) is 21.0. The van der Waals surface area contributed by atoms with Crippen LogP contribution in [-0.4, -0.2) is 39.6 Å². The van der Waals surface area contributed by atoms with Crippen molar-refractivity contribution >= 4 is 46.2 Å². The number of alkyl halides is 6. The van der Waals surface area contributed by atoms with E-state index in [0.717, 1.165) is 0 Å². The number of nitrogens with zero attached hydrogens (tertiary/aromatic N) is 2. The average molecular weight is 686 g/mol. The molecule has 0 bridgehead atoms. The average Bonchev–Trinajstić information content (AvgIpc) is 3.24. The van der Waals surface area contributed by atoms with E-state index in [-0.39, 0.29) is 22.4 Å². The van der Waals surface area contributed by atoms with Gasteiger partial charge in [-0.05, 0) is 59.4 Å². The number of benzene rings is 1. The van der Waals surface area contributed by atoms with E-state index in [0.29, 0.717) is 20.5 Å². The Morgan fingerprint density at radius 3 is 2.41 bits per heavy atom. The van der Waals surface area contributed by atoms with Crippen LogP contribution in [0.5, 0.6) is 0 Å². The molecule has 14 heteroatoms. The fraction of sp³-hybridized carbons (Fsp3) is 0.400. The molecule has 6 nitrogen and oxygen atoms in total. The number of nitrogens with two attached hydrogens (primary N) is 1. The van der Waals surface area contributed by atoms with Crippen molar-refractivity contribution in [1.82, 2.24) is 15.1 Å². The van der Waals surface area contributed by atoms with Gasteiger partial charge in [0, 0.05) is 21.4 Å². The number of hydrogen-bond acceptors (Lipinski definition) is 4. The Kier molecular flexibility index (Phi) is 9.19. The van der Waals surface area contributed by atoms with Crippen molar-refractivity contribution in [2.45, 2.75) is 44.2 Å². The summed E-state index contributed by atoms with van der Waals surface area (Å²) < 4.78 is 80.3. The van der Waals surface area contributed by atoms with Crippen molar-refractivity contribution in [1.29, 1.82) is 0 Å². The number of halogens is 7. The van der Waals surface area contributed by atoms with Crippen LogP contribution in [0, 0.1) is 12.8 Å². The first-order chi connectivity index (χ1) is 18.0. The first-order valence-corrected chi connectivity index (χ1v) is 14.0. The Hall–Kier alpha value is -2.49. The van der Waals surface area contributed by atoms with Crippen LogP contribution in [0.4, 0.5) is 26.3 Å². The van der Waals surface area contributed by atoms with Crippen LogP contribution in [0.15, 0.2) is 46.1 Å². The second-order valence-corrected chi connectivity index (χ2v) is 11.3. The van der Waals surface area contributed by atoms with Crippen LogP contribution in [0.1, 0.15) is 35.0 Å². The van der Waals surface area contributed by atoms with Gasteiger partial charge in [-0.2, -0.15) is 43.2 Å². The van der Waals surface area contributed by atoms with Gasteiger partial charge in [0.2, 0.25) is 11.8 Å². The maximum atomic E-state index is 13.4.